The minimum absolute atomic E-state index is 0.0190. The van der Waals surface area contributed by atoms with Crippen LogP contribution in [0.5, 0.6) is 0 Å². The first-order valence-electron chi connectivity index (χ1n) is 10.3. The molecule has 0 saturated carbocycles. The van der Waals surface area contributed by atoms with Gasteiger partial charge < -0.3 is 9.64 Å². The fourth-order valence-electron chi connectivity index (χ4n) is 4.38. The predicted octanol–water partition coefficient (Wildman–Crippen LogP) is 3.01. The van der Waals surface area contributed by atoms with Crippen LogP contribution in [0.15, 0.2) is 60.7 Å². The zero-order chi connectivity index (χ0) is 20.3. The Morgan fingerprint density at radius 3 is 2.10 bits per heavy atom. The van der Waals surface area contributed by atoms with Gasteiger partial charge in [0.1, 0.15) is 0 Å². The fraction of sp³-hybridized carbons (Fsp3) is 0.435. The maximum Gasteiger partial charge on any atom is 0.234 e. The first-order valence-corrected chi connectivity index (χ1v) is 12.1. The highest BCUT2D eigenvalue weighted by atomic mass is 32.2. The second kappa shape index (κ2) is 8.67. The molecule has 5 nitrogen and oxygen atoms in total. The molecule has 0 N–H and O–H groups in total. The van der Waals surface area contributed by atoms with Crippen molar-refractivity contribution in [2.24, 2.45) is 0 Å². The normalized spacial score (nSPS) is 23.3. The van der Waals surface area contributed by atoms with Crippen molar-refractivity contribution >= 4 is 15.7 Å². The molecule has 29 heavy (non-hydrogen) atoms. The molecular formula is C23H27NO4S. The lowest BCUT2D eigenvalue weighted by Crippen LogP contribution is -2.47. The summed E-state index contributed by atoms with van der Waals surface area (Å²) >= 11 is 0. The van der Waals surface area contributed by atoms with Crippen LogP contribution in [0.4, 0.5) is 0 Å². The van der Waals surface area contributed by atoms with E-state index in [0.29, 0.717) is 19.6 Å². The number of ether oxygens (including phenoxy) is 1. The zero-order valence-electron chi connectivity index (χ0n) is 16.4. The number of carbonyl (C=O) groups is 1. The van der Waals surface area contributed by atoms with E-state index < -0.39 is 15.8 Å². The number of amides is 1. The van der Waals surface area contributed by atoms with Gasteiger partial charge in [0, 0.05) is 19.2 Å². The van der Waals surface area contributed by atoms with Gasteiger partial charge in [-0.15, -0.1) is 0 Å². The van der Waals surface area contributed by atoms with Gasteiger partial charge in [-0.05, 0) is 30.4 Å². The second-order valence-electron chi connectivity index (χ2n) is 7.94. The van der Waals surface area contributed by atoms with Crippen LogP contribution < -0.4 is 0 Å². The molecule has 0 aromatic heterocycles. The molecule has 0 radical (unpaired) electrons. The standard InChI is InChI=1S/C23H27NO4S/c25-23(22(18-8-3-1-4-9-18)19-10-5-2-6-11-19)24(16-21-12-7-14-28-21)20-13-15-29(26,27)17-20/h1-6,8-11,20-22H,7,12-17H2/t20-,21+/m0/s1. The van der Waals surface area contributed by atoms with E-state index in [-0.39, 0.29) is 29.6 Å². The van der Waals surface area contributed by atoms with Crippen LogP contribution in [-0.4, -0.2) is 56.0 Å². The lowest BCUT2D eigenvalue weighted by atomic mass is 9.89. The van der Waals surface area contributed by atoms with Gasteiger partial charge in [0.25, 0.3) is 0 Å². The Balaban J connectivity index is 1.69. The number of sulfone groups is 1. The summed E-state index contributed by atoms with van der Waals surface area (Å²) in [6, 6.07) is 19.2. The van der Waals surface area contributed by atoms with Gasteiger partial charge in [-0.3, -0.25) is 4.79 Å². The van der Waals surface area contributed by atoms with E-state index in [9.17, 15) is 13.2 Å². The molecule has 2 atom stereocenters. The van der Waals surface area contributed by atoms with Crippen LogP contribution in [-0.2, 0) is 19.4 Å². The van der Waals surface area contributed by atoms with Gasteiger partial charge in [0.15, 0.2) is 9.84 Å². The van der Waals surface area contributed by atoms with Crippen molar-refractivity contribution in [3.05, 3.63) is 71.8 Å². The molecule has 2 aliphatic heterocycles. The molecule has 2 aromatic carbocycles. The number of hydrogen-bond acceptors (Lipinski definition) is 4. The third-order valence-electron chi connectivity index (χ3n) is 5.87. The lowest BCUT2D eigenvalue weighted by molar-refractivity contribution is -0.135. The largest absolute Gasteiger partial charge is 0.376 e. The van der Waals surface area contributed by atoms with Gasteiger partial charge in [-0.1, -0.05) is 60.7 Å². The third-order valence-corrected chi connectivity index (χ3v) is 7.62. The summed E-state index contributed by atoms with van der Waals surface area (Å²) in [4.78, 5) is 15.7. The molecule has 2 aromatic rings. The Kier molecular flexibility index (Phi) is 6.01. The summed E-state index contributed by atoms with van der Waals surface area (Å²) in [5.74, 6) is -0.308. The Labute approximate surface area is 172 Å². The van der Waals surface area contributed by atoms with Crippen molar-refractivity contribution in [2.45, 2.75) is 37.3 Å². The molecule has 4 rings (SSSR count). The van der Waals surface area contributed by atoms with Gasteiger partial charge in [-0.25, -0.2) is 8.42 Å². The van der Waals surface area contributed by atoms with E-state index in [2.05, 4.69) is 0 Å². The smallest absolute Gasteiger partial charge is 0.234 e. The summed E-state index contributed by atoms with van der Waals surface area (Å²) in [6.45, 7) is 1.16. The van der Waals surface area contributed by atoms with E-state index in [1.807, 2.05) is 60.7 Å². The van der Waals surface area contributed by atoms with Crippen molar-refractivity contribution in [2.75, 3.05) is 24.7 Å². The van der Waals surface area contributed by atoms with Crippen molar-refractivity contribution < 1.29 is 17.9 Å². The SMILES string of the molecule is O=C(C(c1ccccc1)c1ccccc1)N(C[C@H]1CCCO1)[C@H]1CCS(=O)(=O)C1. The minimum atomic E-state index is -3.10. The number of carbonyl (C=O) groups excluding carboxylic acids is 1. The quantitative estimate of drug-likeness (QED) is 0.730. The molecule has 154 valence electrons. The zero-order valence-corrected chi connectivity index (χ0v) is 17.3. The minimum Gasteiger partial charge on any atom is -0.376 e. The van der Waals surface area contributed by atoms with Gasteiger partial charge in [0.05, 0.1) is 23.5 Å². The maximum absolute atomic E-state index is 13.9. The van der Waals surface area contributed by atoms with E-state index >= 15 is 0 Å². The summed E-state index contributed by atoms with van der Waals surface area (Å²) in [6.07, 6.45) is 2.37. The van der Waals surface area contributed by atoms with Crippen molar-refractivity contribution in [1.29, 1.82) is 0 Å². The number of nitrogens with zero attached hydrogens (tertiary/aromatic N) is 1. The van der Waals surface area contributed by atoms with E-state index in [4.69, 9.17) is 4.74 Å². The lowest BCUT2D eigenvalue weighted by Gasteiger charge is -2.34. The molecule has 0 spiro atoms. The Morgan fingerprint density at radius 2 is 1.62 bits per heavy atom. The number of rotatable bonds is 6. The summed E-state index contributed by atoms with van der Waals surface area (Å²) in [7, 11) is -3.10. The Morgan fingerprint density at radius 1 is 1.00 bits per heavy atom. The van der Waals surface area contributed by atoms with Crippen molar-refractivity contribution in [1.82, 2.24) is 4.90 Å². The molecule has 2 aliphatic rings. The molecule has 2 heterocycles. The van der Waals surface area contributed by atoms with Crippen molar-refractivity contribution in [3.8, 4) is 0 Å². The second-order valence-corrected chi connectivity index (χ2v) is 10.2. The Bertz CT molecular complexity index is 884. The van der Waals surface area contributed by atoms with E-state index in [1.54, 1.807) is 4.90 Å². The first-order chi connectivity index (χ1) is 14.0. The Hall–Kier alpha value is -2.18. The van der Waals surface area contributed by atoms with Crippen molar-refractivity contribution in [3.63, 3.8) is 0 Å². The number of benzene rings is 2. The van der Waals surface area contributed by atoms with Crippen LogP contribution >= 0.6 is 0 Å². The summed E-state index contributed by atoms with van der Waals surface area (Å²) in [5, 5.41) is 0. The number of hydrogen-bond donors (Lipinski definition) is 0. The average Bonchev–Trinajstić information content (AvgIpc) is 3.37. The van der Waals surface area contributed by atoms with Crippen LogP contribution in [0.3, 0.4) is 0 Å². The first kappa shape index (κ1) is 20.1. The maximum atomic E-state index is 13.9. The highest BCUT2D eigenvalue weighted by molar-refractivity contribution is 7.91. The summed E-state index contributed by atoms with van der Waals surface area (Å²) in [5.41, 5.74) is 1.84. The highest BCUT2D eigenvalue weighted by Crippen LogP contribution is 2.30. The third kappa shape index (κ3) is 4.70. The molecule has 0 unspecified atom stereocenters. The van der Waals surface area contributed by atoms with Crippen LogP contribution in [0.2, 0.25) is 0 Å². The molecule has 6 heteroatoms. The molecule has 2 fully saturated rings. The van der Waals surface area contributed by atoms with E-state index in [1.165, 1.54) is 0 Å². The fourth-order valence-corrected chi connectivity index (χ4v) is 6.11. The molecule has 0 aliphatic carbocycles. The van der Waals surface area contributed by atoms with Gasteiger partial charge in [-0.2, -0.15) is 0 Å². The van der Waals surface area contributed by atoms with Crippen LogP contribution in [0, 0.1) is 0 Å². The average molecular weight is 414 g/mol. The molecule has 0 bridgehead atoms. The van der Waals surface area contributed by atoms with Crippen LogP contribution in [0.1, 0.15) is 36.3 Å². The monoisotopic (exact) mass is 413 g/mol. The topological polar surface area (TPSA) is 63.7 Å². The molecule has 2 saturated heterocycles. The predicted molar refractivity (Wildman–Crippen MR) is 112 cm³/mol. The van der Waals surface area contributed by atoms with Crippen LogP contribution in [0.25, 0.3) is 0 Å². The van der Waals surface area contributed by atoms with Gasteiger partial charge >= 0.3 is 0 Å². The highest BCUT2D eigenvalue weighted by Gasteiger charge is 2.39. The molecular weight excluding hydrogens is 386 g/mol. The summed E-state index contributed by atoms with van der Waals surface area (Å²) < 4.78 is 30.1. The molecule has 1 amide bonds. The van der Waals surface area contributed by atoms with E-state index in [0.717, 1.165) is 24.0 Å². The van der Waals surface area contributed by atoms with Gasteiger partial charge in [0.2, 0.25) is 5.91 Å².